The molecule has 0 amide bonds. The average Bonchev–Trinajstić information content (AvgIpc) is 2.72. The SMILES string of the molecule is COC(Cc1ccccc1)C1(C(Cc2ccccc2)OC)CCNCC1. The van der Waals surface area contributed by atoms with Crippen LogP contribution in [0.3, 0.4) is 0 Å². The maximum atomic E-state index is 6.11. The lowest BCUT2D eigenvalue weighted by atomic mass is 9.67. The van der Waals surface area contributed by atoms with E-state index in [1.807, 2.05) is 14.2 Å². The minimum atomic E-state index is 0.0143. The summed E-state index contributed by atoms with van der Waals surface area (Å²) < 4.78 is 12.2. The van der Waals surface area contributed by atoms with Crippen LogP contribution in [-0.4, -0.2) is 39.5 Å². The van der Waals surface area contributed by atoms with Gasteiger partial charge in [-0.15, -0.1) is 0 Å². The molecule has 2 atom stereocenters. The lowest BCUT2D eigenvalue weighted by Gasteiger charge is -2.48. The molecule has 0 saturated carbocycles. The summed E-state index contributed by atoms with van der Waals surface area (Å²) in [6, 6.07) is 21.3. The molecule has 1 aliphatic heterocycles. The third kappa shape index (κ3) is 4.35. The molecule has 0 bridgehead atoms. The van der Waals surface area contributed by atoms with E-state index in [0.29, 0.717) is 0 Å². The third-order valence-corrected chi connectivity index (χ3v) is 5.91. The van der Waals surface area contributed by atoms with Gasteiger partial charge in [-0.3, -0.25) is 0 Å². The van der Waals surface area contributed by atoms with Crippen molar-refractivity contribution in [2.45, 2.75) is 37.9 Å². The van der Waals surface area contributed by atoms with Gasteiger partial charge in [-0.05, 0) is 49.9 Å². The standard InChI is InChI=1S/C23H31NO2/c1-25-21(17-19-9-5-3-6-10-19)23(13-15-24-16-14-23)22(26-2)18-20-11-7-4-8-12-20/h3-12,21-22,24H,13-18H2,1-2H3. The molecule has 26 heavy (non-hydrogen) atoms. The Morgan fingerprint density at radius 2 is 1.19 bits per heavy atom. The van der Waals surface area contributed by atoms with Crippen molar-refractivity contribution < 1.29 is 9.47 Å². The summed E-state index contributed by atoms with van der Waals surface area (Å²) in [5.41, 5.74) is 2.67. The molecule has 2 aromatic carbocycles. The van der Waals surface area contributed by atoms with Crippen molar-refractivity contribution in [2.24, 2.45) is 5.41 Å². The van der Waals surface area contributed by atoms with E-state index >= 15 is 0 Å². The molecule has 1 fully saturated rings. The zero-order valence-corrected chi connectivity index (χ0v) is 16.0. The molecule has 1 N–H and O–H groups in total. The summed E-state index contributed by atoms with van der Waals surface area (Å²) in [5, 5.41) is 3.51. The minimum Gasteiger partial charge on any atom is -0.380 e. The number of hydrogen-bond acceptors (Lipinski definition) is 3. The van der Waals surface area contributed by atoms with E-state index in [1.54, 1.807) is 0 Å². The van der Waals surface area contributed by atoms with Gasteiger partial charge in [0.15, 0.2) is 0 Å². The number of hydrogen-bond donors (Lipinski definition) is 1. The molecule has 0 spiro atoms. The number of methoxy groups -OCH3 is 2. The Kier molecular flexibility index (Phi) is 6.84. The first-order valence-electron chi connectivity index (χ1n) is 9.62. The van der Waals surface area contributed by atoms with Crippen LogP contribution in [0.4, 0.5) is 0 Å². The van der Waals surface area contributed by atoms with E-state index < -0.39 is 0 Å². The van der Waals surface area contributed by atoms with Crippen molar-refractivity contribution in [1.82, 2.24) is 5.32 Å². The molecule has 1 saturated heterocycles. The van der Waals surface area contributed by atoms with Crippen LogP contribution in [0.5, 0.6) is 0 Å². The molecule has 3 nitrogen and oxygen atoms in total. The van der Waals surface area contributed by atoms with Gasteiger partial charge in [-0.1, -0.05) is 60.7 Å². The van der Waals surface area contributed by atoms with Crippen LogP contribution in [0.1, 0.15) is 24.0 Å². The second-order valence-electron chi connectivity index (χ2n) is 7.31. The van der Waals surface area contributed by atoms with Crippen molar-refractivity contribution in [3.63, 3.8) is 0 Å². The summed E-state index contributed by atoms with van der Waals surface area (Å²) in [6.45, 7) is 2.03. The highest BCUT2D eigenvalue weighted by molar-refractivity contribution is 5.19. The molecule has 1 heterocycles. The van der Waals surface area contributed by atoms with Crippen LogP contribution >= 0.6 is 0 Å². The van der Waals surface area contributed by atoms with Crippen molar-refractivity contribution >= 4 is 0 Å². The van der Waals surface area contributed by atoms with Gasteiger partial charge in [0.1, 0.15) is 0 Å². The second-order valence-corrected chi connectivity index (χ2v) is 7.31. The van der Waals surface area contributed by atoms with E-state index in [1.165, 1.54) is 11.1 Å². The van der Waals surface area contributed by atoms with E-state index in [-0.39, 0.29) is 17.6 Å². The topological polar surface area (TPSA) is 30.5 Å². The van der Waals surface area contributed by atoms with Gasteiger partial charge < -0.3 is 14.8 Å². The summed E-state index contributed by atoms with van der Waals surface area (Å²) in [6.07, 6.45) is 4.27. The molecule has 0 radical (unpaired) electrons. The average molecular weight is 354 g/mol. The van der Waals surface area contributed by atoms with Crippen LogP contribution in [0.25, 0.3) is 0 Å². The number of rotatable bonds is 8. The fourth-order valence-electron chi connectivity index (χ4n) is 4.44. The zero-order chi connectivity index (χ0) is 18.2. The van der Waals surface area contributed by atoms with Crippen molar-refractivity contribution in [2.75, 3.05) is 27.3 Å². The molecular formula is C23H31NO2. The Morgan fingerprint density at radius 3 is 1.58 bits per heavy atom. The lowest BCUT2D eigenvalue weighted by molar-refractivity contribution is -0.117. The monoisotopic (exact) mass is 353 g/mol. The molecule has 3 heteroatoms. The van der Waals surface area contributed by atoms with Crippen molar-refractivity contribution in [3.8, 4) is 0 Å². The largest absolute Gasteiger partial charge is 0.380 e. The smallest absolute Gasteiger partial charge is 0.0693 e. The van der Waals surface area contributed by atoms with Gasteiger partial charge in [0.25, 0.3) is 0 Å². The third-order valence-electron chi connectivity index (χ3n) is 5.91. The summed E-state index contributed by atoms with van der Waals surface area (Å²) in [5.74, 6) is 0. The van der Waals surface area contributed by atoms with Gasteiger partial charge in [-0.25, -0.2) is 0 Å². The highest BCUT2D eigenvalue weighted by Gasteiger charge is 2.46. The van der Waals surface area contributed by atoms with E-state index in [2.05, 4.69) is 66.0 Å². The first-order chi connectivity index (χ1) is 12.8. The van der Waals surface area contributed by atoms with Gasteiger partial charge in [0.2, 0.25) is 0 Å². The molecule has 3 rings (SSSR count). The number of ether oxygens (including phenoxy) is 2. The summed E-state index contributed by atoms with van der Waals surface area (Å²) >= 11 is 0. The highest BCUT2D eigenvalue weighted by Crippen LogP contribution is 2.42. The molecule has 0 aliphatic carbocycles. The van der Waals surface area contributed by atoms with Gasteiger partial charge in [0.05, 0.1) is 12.2 Å². The summed E-state index contributed by atoms with van der Waals surface area (Å²) in [7, 11) is 3.71. The van der Waals surface area contributed by atoms with Crippen molar-refractivity contribution in [3.05, 3.63) is 71.8 Å². The van der Waals surface area contributed by atoms with Crippen LogP contribution in [-0.2, 0) is 22.3 Å². The van der Waals surface area contributed by atoms with Crippen molar-refractivity contribution in [1.29, 1.82) is 0 Å². The van der Waals surface area contributed by atoms with Crippen LogP contribution < -0.4 is 5.32 Å². The van der Waals surface area contributed by atoms with Gasteiger partial charge in [-0.2, -0.15) is 0 Å². The highest BCUT2D eigenvalue weighted by atomic mass is 16.5. The normalized spacial score (nSPS) is 19.0. The lowest BCUT2D eigenvalue weighted by Crippen LogP contribution is -2.54. The van der Waals surface area contributed by atoms with Gasteiger partial charge >= 0.3 is 0 Å². The maximum Gasteiger partial charge on any atom is 0.0693 e. The summed E-state index contributed by atoms with van der Waals surface area (Å²) in [4.78, 5) is 0. The predicted molar refractivity (Wildman–Crippen MR) is 106 cm³/mol. The molecule has 140 valence electrons. The Labute approximate surface area is 157 Å². The van der Waals surface area contributed by atoms with Crippen LogP contribution in [0.2, 0.25) is 0 Å². The zero-order valence-electron chi connectivity index (χ0n) is 16.0. The maximum absolute atomic E-state index is 6.11. The predicted octanol–water partition coefficient (Wildman–Crippen LogP) is 3.87. The Balaban J connectivity index is 1.87. The Morgan fingerprint density at radius 1 is 0.769 bits per heavy atom. The second kappa shape index (κ2) is 9.31. The molecule has 0 aromatic heterocycles. The van der Waals surface area contributed by atoms with Gasteiger partial charge in [0, 0.05) is 19.6 Å². The quantitative estimate of drug-likeness (QED) is 0.781. The molecule has 2 unspecified atom stereocenters. The van der Waals surface area contributed by atoms with Crippen LogP contribution in [0, 0.1) is 5.41 Å². The first-order valence-corrected chi connectivity index (χ1v) is 9.62. The van der Waals surface area contributed by atoms with E-state index in [9.17, 15) is 0 Å². The fourth-order valence-corrected chi connectivity index (χ4v) is 4.44. The Bertz CT molecular complexity index is 586. The Hall–Kier alpha value is -1.68. The van der Waals surface area contributed by atoms with E-state index in [0.717, 1.165) is 38.8 Å². The molecular weight excluding hydrogens is 322 g/mol. The first kappa shape index (κ1) is 19.1. The molecule has 1 aliphatic rings. The number of nitrogens with one attached hydrogen (secondary N) is 1. The van der Waals surface area contributed by atoms with E-state index in [4.69, 9.17) is 9.47 Å². The minimum absolute atomic E-state index is 0.0143. The molecule has 2 aromatic rings. The number of benzene rings is 2. The fraction of sp³-hybridized carbons (Fsp3) is 0.478. The number of piperidine rings is 1. The van der Waals surface area contributed by atoms with Crippen LogP contribution in [0.15, 0.2) is 60.7 Å².